The summed E-state index contributed by atoms with van der Waals surface area (Å²) in [4.78, 5) is 24.6. The Morgan fingerprint density at radius 2 is 1.80 bits per heavy atom. The van der Waals surface area contributed by atoms with Gasteiger partial charge in [-0.3, -0.25) is 4.79 Å². The van der Waals surface area contributed by atoms with Crippen LogP contribution in [0.1, 0.15) is 22.8 Å². The molecule has 0 fully saturated rings. The molecule has 1 N–H and O–H groups in total. The van der Waals surface area contributed by atoms with Gasteiger partial charge in [-0.1, -0.05) is 12.1 Å². The summed E-state index contributed by atoms with van der Waals surface area (Å²) in [5.41, 5.74) is 1.85. The Morgan fingerprint density at radius 3 is 2.44 bits per heavy atom. The van der Waals surface area contributed by atoms with Gasteiger partial charge in [0.2, 0.25) is 0 Å². The van der Waals surface area contributed by atoms with Gasteiger partial charge in [-0.05, 0) is 49.7 Å². The Kier molecular flexibility index (Phi) is 6.00. The first kappa shape index (κ1) is 18.3. The van der Waals surface area contributed by atoms with Crippen molar-refractivity contribution in [3.05, 3.63) is 53.6 Å². The smallest absolute Gasteiger partial charge is 0.342 e. The summed E-state index contributed by atoms with van der Waals surface area (Å²) in [6, 6.07) is 12.1. The Balaban J connectivity index is 2.08. The number of benzene rings is 2. The second kappa shape index (κ2) is 8.19. The number of hydrogen-bond acceptors (Lipinski definition) is 5. The Bertz CT molecular complexity index is 772. The van der Waals surface area contributed by atoms with E-state index in [0.717, 1.165) is 5.56 Å². The lowest BCUT2D eigenvalue weighted by molar-refractivity contribution is -0.123. The van der Waals surface area contributed by atoms with Crippen LogP contribution in [0.5, 0.6) is 11.5 Å². The largest absolute Gasteiger partial charge is 0.497 e. The van der Waals surface area contributed by atoms with Crippen LogP contribution >= 0.6 is 0 Å². The van der Waals surface area contributed by atoms with E-state index in [2.05, 4.69) is 5.32 Å². The minimum absolute atomic E-state index is 0.192. The van der Waals surface area contributed by atoms with Crippen molar-refractivity contribution in [1.29, 1.82) is 0 Å². The van der Waals surface area contributed by atoms with Gasteiger partial charge in [0.05, 0.1) is 14.2 Å². The standard InChI is InChI=1S/C19H21NO5/c1-12-6-5-7-14(10-12)20-18(21)13(2)25-19(22)16-11-15(23-3)8-9-17(16)24-4/h5-11,13H,1-4H3,(H,20,21)/t13-/m1/s1. The lowest BCUT2D eigenvalue weighted by Crippen LogP contribution is -2.30. The molecule has 1 amide bonds. The third-order valence-corrected chi connectivity index (χ3v) is 3.57. The number of rotatable bonds is 6. The number of amides is 1. The molecule has 6 nitrogen and oxygen atoms in total. The highest BCUT2D eigenvalue weighted by molar-refractivity contribution is 5.98. The lowest BCUT2D eigenvalue weighted by atomic mass is 10.2. The summed E-state index contributed by atoms with van der Waals surface area (Å²) in [6.45, 7) is 3.43. The zero-order valence-corrected chi connectivity index (χ0v) is 14.7. The molecule has 0 aromatic heterocycles. The van der Waals surface area contributed by atoms with E-state index in [4.69, 9.17) is 14.2 Å². The molecule has 6 heteroatoms. The topological polar surface area (TPSA) is 73.9 Å². The van der Waals surface area contributed by atoms with Crippen molar-refractivity contribution in [1.82, 2.24) is 0 Å². The second-order valence-corrected chi connectivity index (χ2v) is 5.47. The van der Waals surface area contributed by atoms with Gasteiger partial charge in [-0.25, -0.2) is 4.79 Å². The summed E-state index contributed by atoms with van der Waals surface area (Å²) in [5.74, 6) is -0.245. The van der Waals surface area contributed by atoms with Crippen molar-refractivity contribution < 1.29 is 23.8 Å². The molecule has 0 heterocycles. The van der Waals surface area contributed by atoms with Gasteiger partial charge in [0.15, 0.2) is 6.10 Å². The SMILES string of the molecule is COc1ccc(OC)c(C(=O)O[C@H](C)C(=O)Nc2cccc(C)c2)c1. The Hall–Kier alpha value is -3.02. The van der Waals surface area contributed by atoms with Crippen LogP contribution in [0.3, 0.4) is 0 Å². The molecular formula is C19H21NO5. The van der Waals surface area contributed by atoms with Crippen LogP contribution in [0.15, 0.2) is 42.5 Å². The molecular weight excluding hydrogens is 322 g/mol. The van der Waals surface area contributed by atoms with Crippen molar-refractivity contribution in [2.75, 3.05) is 19.5 Å². The summed E-state index contributed by atoms with van der Waals surface area (Å²) >= 11 is 0. The molecule has 0 aliphatic rings. The maximum atomic E-state index is 12.4. The number of hydrogen-bond donors (Lipinski definition) is 1. The van der Waals surface area contributed by atoms with Crippen molar-refractivity contribution in [2.45, 2.75) is 20.0 Å². The van der Waals surface area contributed by atoms with Crippen LogP contribution in [-0.2, 0) is 9.53 Å². The van der Waals surface area contributed by atoms with E-state index >= 15 is 0 Å². The van der Waals surface area contributed by atoms with E-state index in [0.29, 0.717) is 17.2 Å². The fraction of sp³-hybridized carbons (Fsp3) is 0.263. The molecule has 25 heavy (non-hydrogen) atoms. The molecule has 0 bridgehead atoms. The molecule has 1 atom stereocenters. The van der Waals surface area contributed by atoms with Crippen molar-refractivity contribution in [2.24, 2.45) is 0 Å². The highest BCUT2D eigenvalue weighted by Gasteiger charge is 2.22. The maximum Gasteiger partial charge on any atom is 0.342 e. The zero-order chi connectivity index (χ0) is 18.4. The Labute approximate surface area is 146 Å². The highest BCUT2D eigenvalue weighted by Crippen LogP contribution is 2.25. The number of anilines is 1. The summed E-state index contributed by atoms with van der Waals surface area (Å²) in [7, 11) is 2.95. The van der Waals surface area contributed by atoms with Crippen molar-refractivity contribution >= 4 is 17.6 Å². The highest BCUT2D eigenvalue weighted by atomic mass is 16.5. The van der Waals surface area contributed by atoms with E-state index in [1.165, 1.54) is 27.2 Å². The predicted molar refractivity (Wildman–Crippen MR) is 94.2 cm³/mol. The molecule has 0 spiro atoms. The van der Waals surface area contributed by atoms with Gasteiger partial charge in [0.25, 0.3) is 5.91 Å². The van der Waals surface area contributed by atoms with Crippen LogP contribution in [0.25, 0.3) is 0 Å². The van der Waals surface area contributed by atoms with Crippen LogP contribution in [0.4, 0.5) is 5.69 Å². The molecule has 0 saturated heterocycles. The molecule has 0 unspecified atom stereocenters. The summed E-state index contributed by atoms with van der Waals surface area (Å²) in [5, 5.41) is 2.72. The molecule has 2 rings (SSSR count). The van der Waals surface area contributed by atoms with Crippen LogP contribution in [0, 0.1) is 6.92 Å². The van der Waals surface area contributed by atoms with E-state index in [1.807, 2.05) is 25.1 Å². The van der Waals surface area contributed by atoms with E-state index < -0.39 is 18.0 Å². The molecule has 2 aromatic carbocycles. The van der Waals surface area contributed by atoms with Crippen LogP contribution in [-0.4, -0.2) is 32.2 Å². The average Bonchev–Trinajstić information content (AvgIpc) is 2.60. The van der Waals surface area contributed by atoms with E-state index in [1.54, 1.807) is 18.2 Å². The van der Waals surface area contributed by atoms with Crippen LogP contribution < -0.4 is 14.8 Å². The predicted octanol–water partition coefficient (Wildman–Crippen LogP) is 3.20. The number of methoxy groups -OCH3 is 2. The van der Waals surface area contributed by atoms with Gasteiger partial charge in [-0.15, -0.1) is 0 Å². The zero-order valence-electron chi connectivity index (χ0n) is 14.7. The quantitative estimate of drug-likeness (QED) is 0.816. The molecule has 2 aromatic rings. The molecule has 132 valence electrons. The lowest BCUT2D eigenvalue weighted by Gasteiger charge is -2.15. The maximum absolute atomic E-state index is 12.4. The number of esters is 1. The first-order valence-electron chi connectivity index (χ1n) is 7.75. The summed E-state index contributed by atoms with van der Waals surface area (Å²) < 4.78 is 15.5. The van der Waals surface area contributed by atoms with Crippen molar-refractivity contribution in [3.63, 3.8) is 0 Å². The first-order chi connectivity index (χ1) is 11.9. The van der Waals surface area contributed by atoms with Gasteiger partial charge >= 0.3 is 5.97 Å². The second-order valence-electron chi connectivity index (χ2n) is 5.47. The van der Waals surface area contributed by atoms with Gasteiger partial charge in [-0.2, -0.15) is 0 Å². The van der Waals surface area contributed by atoms with Crippen LogP contribution in [0.2, 0.25) is 0 Å². The molecule has 0 radical (unpaired) electrons. The van der Waals surface area contributed by atoms with Crippen molar-refractivity contribution in [3.8, 4) is 11.5 Å². The van der Waals surface area contributed by atoms with Gasteiger partial charge in [0.1, 0.15) is 17.1 Å². The summed E-state index contributed by atoms with van der Waals surface area (Å²) in [6.07, 6.45) is -0.969. The Morgan fingerprint density at radius 1 is 1.04 bits per heavy atom. The third kappa shape index (κ3) is 4.73. The number of carbonyl (C=O) groups is 2. The van der Waals surface area contributed by atoms with E-state index in [-0.39, 0.29) is 5.56 Å². The minimum atomic E-state index is -0.969. The molecule has 0 saturated carbocycles. The number of ether oxygens (including phenoxy) is 3. The number of aryl methyl sites for hydroxylation is 1. The average molecular weight is 343 g/mol. The number of nitrogens with one attached hydrogen (secondary N) is 1. The number of carbonyl (C=O) groups excluding carboxylic acids is 2. The van der Waals surface area contributed by atoms with Gasteiger partial charge in [0, 0.05) is 5.69 Å². The monoisotopic (exact) mass is 343 g/mol. The minimum Gasteiger partial charge on any atom is -0.497 e. The van der Waals surface area contributed by atoms with E-state index in [9.17, 15) is 9.59 Å². The molecule has 0 aliphatic heterocycles. The molecule has 0 aliphatic carbocycles. The first-order valence-corrected chi connectivity index (χ1v) is 7.75. The fourth-order valence-corrected chi connectivity index (χ4v) is 2.22. The fourth-order valence-electron chi connectivity index (χ4n) is 2.22. The normalized spacial score (nSPS) is 11.4. The third-order valence-electron chi connectivity index (χ3n) is 3.57. The van der Waals surface area contributed by atoms with Gasteiger partial charge < -0.3 is 19.5 Å².